The summed E-state index contributed by atoms with van der Waals surface area (Å²) in [6.45, 7) is 3.16. The van der Waals surface area contributed by atoms with Crippen LogP contribution in [0.1, 0.15) is 65.1 Å². The van der Waals surface area contributed by atoms with Crippen molar-refractivity contribution in [3.8, 4) is 11.4 Å². The molecule has 2 atom stereocenters. The number of aliphatic hydroxyl groups excluding tert-OH is 1. The number of aromatic nitrogens is 2. The topological polar surface area (TPSA) is 111 Å². The summed E-state index contributed by atoms with van der Waals surface area (Å²) in [5, 5.41) is 13.0. The Morgan fingerprint density at radius 3 is 2.83 bits per heavy atom. The number of hydrogen-bond acceptors (Lipinski definition) is 6. The van der Waals surface area contributed by atoms with Crippen molar-refractivity contribution >= 4 is 22.8 Å². The van der Waals surface area contributed by atoms with Crippen LogP contribution in [0.3, 0.4) is 0 Å². The minimum atomic E-state index is -0.638. The average Bonchev–Trinajstić information content (AvgIpc) is 3.21. The summed E-state index contributed by atoms with van der Waals surface area (Å²) >= 11 is 0. The molecule has 0 radical (unpaired) electrons. The largest absolute Gasteiger partial charge is 0.460 e. The molecule has 8 nitrogen and oxygen atoms in total. The summed E-state index contributed by atoms with van der Waals surface area (Å²) < 4.78 is 21.7. The number of nitrogens with one attached hydrogen (secondary N) is 1. The molecule has 0 bridgehead atoms. The minimum Gasteiger partial charge on any atom is -0.460 e. The number of aliphatic hydroxyl groups is 1. The van der Waals surface area contributed by atoms with Crippen LogP contribution in [0.25, 0.3) is 22.3 Å². The highest BCUT2D eigenvalue weighted by atomic mass is 19.1. The van der Waals surface area contributed by atoms with Crippen LogP contribution in [0.15, 0.2) is 16.9 Å². The van der Waals surface area contributed by atoms with E-state index in [4.69, 9.17) is 9.72 Å². The smallest absolute Gasteiger partial charge is 0.313 e. The zero-order valence-corrected chi connectivity index (χ0v) is 19.4. The Morgan fingerprint density at radius 2 is 2.09 bits per heavy atom. The first-order valence-electron chi connectivity index (χ1n) is 11.8. The van der Waals surface area contributed by atoms with E-state index in [-0.39, 0.29) is 30.5 Å². The molecule has 2 aliphatic heterocycles. The van der Waals surface area contributed by atoms with Crippen molar-refractivity contribution in [2.75, 3.05) is 6.61 Å². The lowest BCUT2D eigenvalue weighted by Gasteiger charge is -2.29. The lowest BCUT2D eigenvalue weighted by Crippen LogP contribution is -2.34. The predicted octanol–water partition coefficient (Wildman–Crippen LogP) is 2.52. The molecule has 3 aromatic rings. The van der Waals surface area contributed by atoms with Gasteiger partial charge in [-0.2, -0.15) is 0 Å². The molecule has 35 heavy (non-hydrogen) atoms. The first-order chi connectivity index (χ1) is 16.8. The van der Waals surface area contributed by atoms with Gasteiger partial charge in [-0.15, -0.1) is 0 Å². The highest BCUT2D eigenvalue weighted by Gasteiger charge is 2.37. The van der Waals surface area contributed by atoms with E-state index in [1.54, 1.807) is 11.5 Å². The molecule has 9 heteroatoms. The molecule has 1 unspecified atom stereocenters. The van der Waals surface area contributed by atoms with Crippen molar-refractivity contribution in [1.29, 1.82) is 0 Å². The van der Waals surface area contributed by atoms with Crippen LogP contribution < -0.4 is 10.9 Å². The van der Waals surface area contributed by atoms with E-state index in [1.165, 1.54) is 6.07 Å². The van der Waals surface area contributed by atoms with Gasteiger partial charge in [0.1, 0.15) is 19.0 Å². The number of ether oxygens (including phenoxy) is 1. The number of benzene rings is 1. The maximum Gasteiger partial charge on any atom is 0.313 e. The van der Waals surface area contributed by atoms with Crippen molar-refractivity contribution in [3.05, 3.63) is 61.7 Å². The van der Waals surface area contributed by atoms with E-state index < -0.39 is 24.5 Å². The van der Waals surface area contributed by atoms with Gasteiger partial charge in [0.25, 0.3) is 5.56 Å². The average molecular weight is 477 g/mol. The Hall–Kier alpha value is -3.59. The quantitative estimate of drug-likeness (QED) is 0.439. The lowest BCUT2D eigenvalue weighted by atomic mass is 9.81. The second-order valence-corrected chi connectivity index (χ2v) is 9.45. The number of esters is 1. The number of cyclic esters (lactones) is 1. The monoisotopic (exact) mass is 477 g/mol. The van der Waals surface area contributed by atoms with Gasteiger partial charge < -0.3 is 19.7 Å². The molecule has 2 N–H and O–H groups in total. The van der Waals surface area contributed by atoms with Crippen molar-refractivity contribution < 1.29 is 23.8 Å². The standard InChI is InChI=1S/C26H24FN3O5/c1-3-12-14-6-20-24-15(8-30(20)25(33)16(14)10-35-26(12)34)23-18(28-21(32)9-31)5-4-13-11(2)17(27)7-19(29-24)22(13)23/h6-7,12,18,31H,3-5,8-10H2,1-2H3,(H,28,32)/t12?,18-/m1/s1. The van der Waals surface area contributed by atoms with Crippen LogP contribution in [0, 0.1) is 12.7 Å². The fourth-order valence-electron chi connectivity index (χ4n) is 5.96. The van der Waals surface area contributed by atoms with Crippen molar-refractivity contribution in [3.63, 3.8) is 0 Å². The molecule has 2 aromatic heterocycles. The Balaban J connectivity index is 1.65. The van der Waals surface area contributed by atoms with Crippen LogP contribution in [0.5, 0.6) is 0 Å². The summed E-state index contributed by atoms with van der Waals surface area (Å²) in [6, 6.07) is 2.84. The molecule has 1 amide bonds. The number of nitrogens with zero attached hydrogens (tertiary/aromatic N) is 2. The highest BCUT2D eigenvalue weighted by molar-refractivity contribution is 5.93. The Kier molecular flexibility index (Phi) is 4.83. The number of pyridine rings is 2. The number of hydrogen-bond donors (Lipinski definition) is 2. The van der Waals surface area contributed by atoms with Crippen LogP contribution in [0.4, 0.5) is 4.39 Å². The number of aryl methyl sites for hydroxylation is 1. The Bertz CT molecular complexity index is 1530. The van der Waals surface area contributed by atoms with Gasteiger partial charge in [0, 0.05) is 17.0 Å². The molecule has 0 saturated heterocycles. The Morgan fingerprint density at radius 1 is 1.29 bits per heavy atom. The van der Waals surface area contributed by atoms with Crippen molar-refractivity contribution in [1.82, 2.24) is 14.9 Å². The predicted molar refractivity (Wildman–Crippen MR) is 124 cm³/mol. The number of fused-ring (bicyclic) bond motifs is 5. The van der Waals surface area contributed by atoms with E-state index >= 15 is 0 Å². The molecule has 1 aromatic carbocycles. The summed E-state index contributed by atoms with van der Waals surface area (Å²) in [4.78, 5) is 42.8. The first-order valence-corrected chi connectivity index (χ1v) is 11.8. The molecule has 6 rings (SSSR count). The van der Waals surface area contributed by atoms with E-state index in [1.807, 2.05) is 13.0 Å². The number of amides is 1. The van der Waals surface area contributed by atoms with Gasteiger partial charge >= 0.3 is 5.97 Å². The van der Waals surface area contributed by atoms with Crippen LogP contribution in [0.2, 0.25) is 0 Å². The third-order valence-electron chi connectivity index (χ3n) is 7.68. The second kappa shape index (κ2) is 7.71. The molecular formula is C26H24FN3O5. The zero-order valence-electron chi connectivity index (χ0n) is 19.4. The van der Waals surface area contributed by atoms with E-state index in [2.05, 4.69) is 5.32 Å². The summed E-state index contributed by atoms with van der Waals surface area (Å²) in [7, 11) is 0. The second-order valence-electron chi connectivity index (χ2n) is 9.45. The van der Waals surface area contributed by atoms with Crippen molar-refractivity contribution in [2.24, 2.45) is 0 Å². The van der Waals surface area contributed by atoms with Gasteiger partial charge in [-0.1, -0.05) is 6.92 Å². The van der Waals surface area contributed by atoms with E-state index in [0.29, 0.717) is 52.9 Å². The van der Waals surface area contributed by atoms with Gasteiger partial charge in [0.2, 0.25) is 5.91 Å². The fraction of sp³-hybridized carbons (Fsp3) is 0.385. The van der Waals surface area contributed by atoms with Crippen LogP contribution in [-0.4, -0.2) is 33.1 Å². The van der Waals surface area contributed by atoms with Gasteiger partial charge in [0.15, 0.2) is 0 Å². The minimum absolute atomic E-state index is 0.0634. The molecule has 0 fully saturated rings. The van der Waals surface area contributed by atoms with Gasteiger partial charge in [-0.05, 0) is 54.5 Å². The summed E-state index contributed by atoms with van der Waals surface area (Å²) in [5.41, 5.74) is 5.52. The maximum atomic E-state index is 14.8. The third kappa shape index (κ3) is 3.00. The summed E-state index contributed by atoms with van der Waals surface area (Å²) in [6.07, 6.45) is 1.60. The number of rotatable bonds is 3. The van der Waals surface area contributed by atoms with Crippen molar-refractivity contribution in [2.45, 2.75) is 58.2 Å². The summed E-state index contributed by atoms with van der Waals surface area (Å²) in [5.74, 6) is -1.72. The Labute approximate surface area is 199 Å². The number of carbonyl (C=O) groups is 2. The van der Waals surface area contributed by atoms with E-state index in [9.17, 15) is 23.9 Å². The third-order valence-corrected chi connectivity index (χ3v) is 7.68. The molecule has 4 heterocycles. The molecular weight excluding hydrogens is 453 g/mol. The van der Waals surface area contributed by atoms with Gasteiger partial charge in [-0.25, -0.2) is 9.37 Å². The van der Waals surface area contributed by atoms with Crippen LogP contribution >= 0.6 is 0 Å². The lowest BCUT2D eigenvalue weighted by molar-refractivity contribution is -0.148. The maximum absolute atomic E-state index is 14.8. The number of carbonyl (C=O) groups excluding carboxylic acids is 2. The van der Waals surface area contributed by atoms with Gasteiger partial charge in [-0.3, -0.25) is 14.4 Å². The SMILES string of the molecule is CCC1C(=O)OCc2c1cc1n(c2=O)Cc2c-1nc1cc(F)c(C)c3c1c2[C@H](NC(=O)CO)CC3. The molecule has 0 saturated carbocycles. The first kappa shape index (κ1) is 21.9. The van der Waals surface area contributed by atoms with E-state index in [0.717, 1.165) is 22.1 Å². The normalized spacial score (nSPS) is 19.7. The molecule has 180 valence electrons. The highest BCUT2D eigenvalue weighted by Crippen LogP contribution is 2.45. The zero-order chi connectivity index (χ0) is 24.6. The number of halogens is 1. The fourth-order valence-corrected chi connectivity index (χ4v) is 5.96. The molecule has 3 aliphatic rings. The van der Waals surface area contributed by atoms with Crippen LogP contribution in [-0.2, 0) is 33.9 Å². The van der Waals surface area contributed by atoms with Gasteiger partial charge in [0.05, 0.1) is 41.0 Å². The molecule has 0 spiro atoms. The molecule has 1 aliphatic carbocycles.